The van der Waals surface area contributed by atoms with E-state index in [1.165, 1.54) is 16.7 Å². The van der Waals surface area contributed by atoms with Gasteiger partial charge in [-0.05, 0) is 43.9 Å². The fraction of sp³-hybridized carbons (Fsp3) is 0.478. The zero-order chi connectivity index (χ0) is 18.9. The standard InChI is InChI=1S/C23H33NO2/c1-5-20(4)24(14-22-13-18(2)11-12-19(22)3)15-23(25)17-26-16-21-9-7-6-8-10-21/h6-13,20,23,25H,5,14-17H2,1-4H3/t20-,23-/m0/s1. The number of aliphatic hydroxyl groups is 1. The lowest BCUT2D eigenvalue weighted by atomic mass is 10.0. The van der Waals surface area contributed by atoms with Crippen LogP contribution in [0.25, 0.3) is 0 Å². The van der Waals surface area contributed by atoms with Crippen LogP contribution in [0, 0.1) is 13.8 Å². The molecule has 0 aliphatic rings. The van der Waals surface area contributed by atoms with Crippen molar-refractivity contribution < 1.29 is 9.84 Å². The molecule has 0 amide bonds. The van der Waals surface area contributed by atoms with Crippen LogP contribution in [0.4, 0.5) is 0 Å². The molecule has 2 aromatic carbocycles. The number of aliphatic hydroxyl groups excluding tert-OH is 1. The lowest BCUT2D eigenvalue weighted by molar-refractivity contribution is 0.00141. The molecular formula is C23H33NO2. The normalized spacial score (nSPS) is 13.8. The predicted molar refractivity (Wildman–Crippen MR) is 108 cm³/mol. The minimum Gasteiger partial charge on any atom is -0.389 e. The zero-order valence-electron chi connectivity index (χ0n) is 16.6. The van der Waals surface area contributed by atoms with Crippen LogP contribution in [0.3, 0.4) is 0 Å². The largest absolute Gasteiger partial charge is 0.389 e. The molecule has 0 saturated heterocycles. The molecule has 142 valence electrons. The summed E-state index contributed by atoms with van der Waals surface area (Å²) < 4.78 is 5.71. The third-order valence-corrected chi connectivity index (χ3v) is 4.96. The molecule has 3 nitrogen and oxygen atoms in total. The molecule has 0 bridgehead atoms. The van der Waals surface area contributed by atoms with Gasteiger partial charge < -0.3 is 9.84 Å². The molecule has 0 unspecified atom stereocenters. The van der Waals surface area contributed by atoms with Gasteiger partial charge >= 0.3 is 0 Å². The SMILES string of the molecule is CC[C@H](C)N(Cc1cc(C)ccc1C)C[C@H](O)COCc1ccccc1. The molecule has 3 heteroatoms. The van der Waals surface area contributed by atoms with E-state index in [4.69, 9.17) is 4.74 Å². The van der Waals surface area contributed by atoms with Gasteiger partial charge in [0.25, 0.3) is 0 Å². The molecule has 0 fully saturated rings. The first-order valence-corrected chi connectivity index (χ1v) is 9.59. The number of hydrogen-bond acceptors (Lipinski definition) is 3. The van der Waals surface area contributed by atoms with E-state index in [1.54, 1.807) is 0 Å². The third-order valence-electron chi connectivity index (χ3n) is 4.96. The molecule has 1 N–H and O–H groups in total. The van der Waals surface area contributed by atoms with Gasteiger partial charge in [0.15, 0.2) is 0 Å². The van der Waals surface area contributed by atoms with Crippen LogP contribution < -0.4 is 0 Å². The summed E-state index contributed by atoms with van der Waals surface area (Å²) in [6.07, 6.45) is 0.570. The highest BCUT2D eigenvalue weighted by molar-refractivity contribution is 5.30. The maximum Gasteiger partial charge on any atom is 0.0900 e. The number of hydrogen-bond donors (Lipinski definition) is 1. The van der Waals surface area contributed by atoms with Crippen molar-refractivity contribution >= 4 is 0 Å². The van der Waals surface area contributed by atoms with Crippen LogP contribution in [0.15, 0.2) is 48.5 Å². The Kier molecular flexibility index (Phi) is 8.30. The summed E-state index contributed by atoms with van der Waals surface area (Å²) in [4.78, 5) is 2.36. The van der Waals surface area contributed by atoms with Crippen LogP contribution in [-0.4, -0.2) is 35.3 Å². The maximum absolute atomic E-state index is 10.5. The number of rotatable bonds is 10. The molecule has 2 aromatic rings. The first-order chi connectivity index (χ1) is 12.5. The van der Waals surface area contributed by atoms with Gasteiger partial charge in [-0.25, -0.2) is 0 Å². The summed E-state index contributed by atoms with van der Waals surface area (Å²) in [7, 11) is 0. The number of ether oxygens (including phenoxy) is 1. The van der Waals surface area contributed by atoms with Gasteiger partial charge in [-0.3, -0.25) is 4.90 Å². The van der Waals surface area contributed by atoms with Crippen molar-refractivity contribution in [2.75, 3.05) is 13.2 Å². The van der Waals surface area contributed by atoms with Crippen molar-refractivity contribution in [2.45, 2.75) is 59.4 Å². The van der Waals surface area contributed by atoms with Gasteiger partial charge in [-0.1, -0.05) is 61.0 Å². The molecule has 0 aliphatic heterocycles. The van der Waals surface area contributed by atoms with E-state index in [0.717, 1.165) is 18.5 Å². The average Bonchev–Trinajstić information content (AvgIpc) is 2.64. The van der Waals surface area contributed by atoms with Crippen LogP contribution in [0.2, 0.25) is 0 Å². The minimum absolute atomic E-state index is 0.356. The smallest absolute Gasteiger partial charge is 0.0900 e. The fourth-order valence-electron chi connectivity index (χ4n) is 3.06. The van der Waals surface area contributed by atoms with E-state index in [2.05, 4.69) is 50.8 Å². The highest BCUT2D eigenvalue weighted by atomic mass is 16.5. The Morgan fingerprint density at radius 3 is 2.50 bits per heavy atom. The first-order valence-electron chi connectivity index (χ1n) is 9.59. The zero-order valence-corrected chi connectivity index (χ0v) is 16.6. The fourth-order valence-corrected chi connectivity index (χ4v) is 3.06. The Morgan fingerprint density at radius 2 is 1.81 bits per heavy atom. The second kappa shape index (κ2) is 10.5. The highest BCUT2D eigenvalue weighted by Crippen LogP contribution is 2.17. The van der Waals surface area contributed by atoms with Gasteiger partial charge in [-0.15, -0.1) is 0 Å². The highest BCUT2D eigenvalue weighted by Gasteiger charge is 2.18. The number of aryl methyl sites for hydroxylation is 2. The monoisotopic (exact) mass is 355 g/mol. The van der Waals surface area contributed by atoms with Crippen LogP contribution in [0.1, 0.15) is 42.5 Å². The molecule has 2 atom stereocenters. The Morgan fingerprint density at radius 1 is 1.08 bits per heavy atom. The molecule has 0 aromatic heterocycles. The van der Waals surface area contributed by atoms with Gasteiger partial charge in [0.05, 0.1) is 19.3 Å². The summed E-state index contributed by atoms with van der Waals surface area (Å²) in [6, 6.07) is 17.1. The second-order valence-corrected chi connectivity index (χ2v) is 7.27. The summed E-state index contributed by atoms with van der Waals surface area (Å²) in [5, 5.41) is 10.5. The van der Waals surface area contributed by atoms with Crippen molar-refractivity contribution in [3.63, 3.8) is 0 Å². The molecule has 0 aliphatic carbocycles. The van der Waals surface area contributed by atoms with Crippen LogP contribution >= 0.6 is 0 Å². The summed E-state index contributed by atoms with van der Waals surface area (Å²) in [5.41, 5.74) is 5.05. The molecule has 0 heterocycles. The maximum atomic E-state index is 10.5. The lowest BCUT2D eigenvalue weighted by Crippen LogP contribution is -2.40. The number of benzene rings is 2. The van der Waals surface area contributed by atoms with Gasteiger partial charge in [0, 0.05) is 19.1 Å². The summed E-state index contributed by atoms with van der Waals surface area (Å²) in [6.45, 7) is 11.1. The van der Waals surface area contributed by atoms with Gasteiger partial charge in [-0.2, -0.15) is 0 Å². The van der Waals surface area contributed by atoms with Crippen LogP contribution in [-0.2, 0) is 17.9 Å². The van der Waals surface area contributed by atoms with Crippen molar-refractivity contribution in [3.8, 4) is 0 Å². The molecule has 2 rings (SSSR count). The quantitative estimate of drug-likeness (QED) is 0.682. The topological polar surface area (TPSA) is 32.7 Å². The minimum atomic E-state index is -0.488. The Hall–Kier alpha value is -1.68. The summed E-state index contributed by atoms with van der Waals surface area (Å²) in [5.74, 6) is 0. The van der Waals surface area contributed by atoms with E-state index < -0.39 is 6.10 Å². The predicted octanol–water partition coefficient (Wildman–Crippen LogP) is 4.48. The van der Waals surface area contributed by atoms with Gasteiger partial charge in [0.1, 0.15) is 0 Å². The van der Waals surface area contributed by atoms with E-state index in [1.807, 2.05) is 30.3 Å². The van der Waals surface area contributed by atoms with Crippen molar-refractivity contribution in [3.05, 3.63) is 70.8 Å². The molecule has 0 saturated carbocycles. The molecule has 0 radical (unpaired) electrons. The third kappa shape index (κ3) is 6.56. The molecule has 26 heavy (non-hydrogen) atoms. The van der Waals surface area contributed by atoms with E-state index in [-0.39, 0.29) is 0 Å². The summed E-state index contributed by atoms with van der Waals surface area (Å²) >= 11 is 0. The number of nitrogens with zero attached hydrogens (tertiary/aromatic N) is 1. The molecular weight excluding hydrogens is 322 g/mol. The lowest BCUT2D eigenvalue weighted by Gasteiger charge is -2.31. The Balaban J connectivity index is 1.91. The Labute approximate surface area is 158 Å². The van der Waals surface area contributed by atoms with E-state index in [0.29, 0.717) is 25.8 Å². The van der Waals surface area contributed by atoms with Gasteiger partial charge in [0.2, 0.25) is 0 Å². The average molecular weight is 356 g/mol. The van der Waals surface area contributed by atoms with Crippen molar-refractivity contribution in [1.82, 2.24) is 4.90 Å². The second-order valence-electron chi connectivity index (χ2n) is 7.27. The van der Waals surface area contributed by atoms with Crippen molar-refractivity contribution in [1.29, 1.82) is 0 Å². The van der Waals surface area contributed by atoms with E-state index in [9.17, 15) is 5.11 Å². The van der Waals surface area contributed by atoms with E-state index >= 15 is 0 Å². The molecule has 0 spiro atoms. The Bertz CT molecular complexity index is 657. The van der Waals surface area contributed by atoms with Crippen LogP contribution in [0.5, 0.6) is 0 Å². The first kappa shape index (κ1) is 20.6. The van der Waals surface area contributed by atoms with Crippen molar-refractivity contribution in [2.24, 2.45) is 0 Å².